The van der Waals surface area contributed by atoms with Crippen molar-refractivity contribution in [1.29, 1.82) is 0 Å². The van der Waals surface area contributed by atoms with Gasteiger partial charge in [-0.2, -0.15) is 0 Å². The second-order valence-corrected chi connectivity index (χ2v) is 7.96. The van der Waals surface area contributed by atoms with E-state index in [0.717, 1.165) is 49.4 Å². The third-order valence-corrected chi connectivity index (χ3v) is 5.70. The largest absolute Gasteiger partial charge is 0.357 e. The van der Waals surface area contributed by atoms with Gasteiger partial charge in [0.25, 0.3) is 5.91 Å². The average Bonchev–Trinajstić information content (AvgIpc) is 3.21. The van der Waals surface area contributed by atoms with Crippen molar-refractivity contribution in [2.24, 2.45) is 4.99 Å². The Labute approximate surface area is 167 Å². The first-order valence-electron chi connectivity index (χ1n) is 10.3. The number of carbonyl (C=O) groups is 1. The summed E-state index contributed by atoms with van der Waals surface area (Å²) in [5.74, 6) is 0.875. The molecular formula is C20H35N5OS. The van der Waals surface area contributed by atoms with E-state index >= 15 is 0 Å². The van der Waals surface area contributed by atoms with Crippen molar-refractivity contribution in [3.05, 3.63) is 22.4 Å². The van der Waals surface area contributed by atoms with E-state index < -0.39 is 0 Å². The van der Waals surface area contributed by atoms with Crippen molar-refractivity contribution < 1.29 is 4.79 Å². The normalized spacial score (nSPS) is 18.3. The number of amides is 1. The molecule has 1 fully saturated rings. The first-order valence-corrected chi connectivity index (χ1v) is 11.2. The smallest absolute Gasteiger partial charge is 0.261 e. The molecule has 1 saturated heterocycles. The first kappa shape index (κ1) is 21.7. The van der Waals surface area contributed by atoms with Crippen LogP contribution in [-0.2, 0) is 0 Å². The second kappa shape index (κ2) is 12.7. The quantitative estimate of drug-likeness (QED) is 0.325. The van der Waals surface area contributed by atoms with Crippen molar-refractivity contribution >= 4 is 23.2 Å². The summed E-state index contributed by atoms with van der Waals surface area (Å²) in [6.45, 7) is 9.95. The summed E-state index contributed by atoms with van der Waals surface area (Å²) < 4.78 is 0. The van der Waals surface area contributed by atoms with Gasteiger partial charge in [-0.05, 0) is 57.5 Å². The van der Waals surface area contributed by atoms with Crippen LogP contribution in [0.4, 0.5) is 0 Å². The Morgan fingerprint density at radius 3 is 2.85 bits per heavy atom. The van der Waals surface area contributed by atoms with Gasteiger partial charge in [0, 0.05) is 38.8 Å². The summed E-state index contributed by atoms with van der Waals surface area (Å²) in [6, 6.07) is 4.46. The minimum Gasteiger partial charge on any atom is -0.357 e. The van der Waals surface area contributed by atoms with Gasteiger partial charge in [0.2, 0.25) is 0 Å². The van der Waals surface area contributed by atoms with Crippen LogP contribution in [0.3, 0.4) is 0 Å². The standard InChI is InChI=1S/C20H35N5OS/c1-3-21-20(24-13-8-15-25-14-5-4-9-17(25)2)23-12-7-11-22-19(26)18-10-6-16-27-18/h6,10,16-17H,3-5,7-9,11-15H2,1-2H3,(H,22,26)(H2,21,23,24). The maximum atomic E-state index is 11.9. The molecule has 0 radical (unpaired) electrons. The zero-order valence-electron chi connectivity index (χ0n) is 16.8. The molecule has 1 aliphatic rings. The highest BCUT2D eigenvalue weighted by atomic mass is 32.1. The van der Waals surface area contributed by atoms with Gasteiger partial charge in [0.05, 0.1) is 4.88 Å². The number of thiophene rings is 1. The van der Waals surface area contributed by atoms with Gasteiger partial charge in [-0.3, -0.25) is 9.79 Å². The van der Waals surface area contributed by atoms with Gasteiger partial charge >= 0.3 is 0 Å². The second-order valence-electron chi connectivity index (χ2n) is 7.01. The molecule has 152 valence electrons. The number of piperidine rings is 1. The zero-order valence-corrected chi connectivity index (χ0v) is 17.6. The van der Waals surface area contributed by atoms with Crippen LogP contribution in [-0.4, -0.2) is 62.1 Å². The Hall–Kier alpha value is -1.60. The fourth-order valence-electron chi connectivity index (χ4n) is 3.29. The molecule has 2 rings (SSSR count). The summed E-state index contributed by atoms with van der Waals surface area (Å²) in [7, 11) is 0. The van der Waals surface area contributed by atoms with E-state index in [1.165, 1.54) is 37.1 Å². The van der Waals surface area contributed by atoms with Gasteiger partial charge in [-0.15, -0.1) is 11.3 Å². The maximum Gasteiger partial charge on any atom is 0.261 e. The molecule has 0 spiro atoms. The van der Waals surface area contributed by atoms with Crippen molar-refractivity contribution in [3.63, 3.8) is 0 Å². The van der Waals surface area contributed by atoms with E-state index in [4.69, 9.17) is 0 Å². The van der Waals surface area contributed by atoms with E-state index in [9.17, 15) is 4.79 Å². The van der Waals surface area contributed by atoms with E-state index in [1.807, 2.05) is 17.5 Å². The van der Waals surface area contributed by atoms with Crippen LogP contribution >= 0.6 is 11.3 Å². The fourth-order valence-corrected chi connectivity index (χ4v) is 3.93. The molecule has 1 atom stereocenters. The molecule has 0 bridgehead atoms. The third kappa shape index (κ3) is 8.30. The van der Waals surface area contributed by atoms with Gasteiger partial charge in [0.15, 0.2) is 5.96 Å². The van der Waals surface area contributed by atoms with Crippen molar-refractivity contribution in [2.75, 3.05) is 39.3 Å². The van der Waals surface area contributed by atoms with E-state index in [1.54, 1.807) is 0 Å². The monoisotopic (exact) mass is 393 g/mol. The molecule has 6 nitrogen and oxygen atoms in total. The predicted molar refractivity (Wildman–Crippen MR) is 115 cm³/mol. The summed E-state index contributed by atoms with van der Waals surface area (Å²) in [5.41, 5.74) is 0. The highest BCUT2D eigenvalue weighted by molar-refractivity contribution is 7.12. The number of carbonyl (C=O) groups excluding carboxylic acids is 1. The number of hydrogen-bond acceptors (Lipinski definition) is 4. The lowest BCUT2D eigenvalue weighted by Gasteiger charge is -2.33. The van der Waals surface area contributed by atoms with Crippen LogP contribution in [0.5, 0.6) is 0 Å². The number of hydrogen-bond donors (Lipinski definition) is 3. The van der Waals surface area contributed by atoms with Crippen LogP contribution < -0.4 is 16.0 Å². The first-order chi connectivity index (χ1) is 13.2. The van der Waals surface area contributed by atoms with E-state index in [-0.39, 0.29) is 5.91 Å². The fraction of sp³-hybridized carbons (Fsp3) is 0.700. The van der Waals surface area contributed by atoms with Crippen molar-refractivity contribution in [2.45, 2.75) is 52.0 Å². The number of rotatable bonds is 10. The van der Waals surface area contributed by atoms with Crippen molar-refractivity contribution in [1.82, 2.24) is 20.9 Å². The van der Waals surface area contributed by atoms with Gasteiger partial charge in [-0.1, -0.05) is 12.5 Å². The number of nitrogens with zero attached hydrogens (tertiary/aromatic N) is 2. The number of nitrogens with one attached hydrogen (secondary N) is 3. The molecule has 2 heterocycles. The Morgan fingerprint density at radius 2 is 2.11 bits per heavy atom. The van der Waals surface area contributed by atoms with Crippen LogP contribution in [0.1, 0.15) is 55.6 Å². The minimum absolute atomic E-state index is 0.00551. The molecule has 0 aliphatic carbocycles. The summed E-state index contributed by atoms with van der Waals surface area (Å²) in [5, 5.41) is 11.6. The van der Waals surface area contributed by atoms with Crippen molar-refractivity contribution in [3.8, 4) is 0 Å². The molecule has 1 aromatic rings. The van der Waals surface area contributed by atoms with Crippen LogP contribution in [0.2, 0.25) is 0 Å². The van der Waals surface area contributed by atoms with Gasteiger partial charge in [0.1, 0.15) is 0 Å². The Kier molecular flexibility index (Phi) is 10.2. The molecule has 1 unspecified atom stereocenters. The lowest BCUT2D eigenvalue weighted by molar-refractivity contribution is 0.0957. The molecule has 27 heavy (non-hydrogen) atoms. The Bertz CT molecular complexity index is 561. The molecule has 3 N–H and O–H groups in total. The summed E-state index contributed by atoms with van der Waals surface area (Å²) in [6.07, 6.45) is 6.01. The Morgan fingerprint density at radius 1 is 1.26 bits per heavy atom. The SMILES string of the molecule is CCNC(=NCCCNC(=O)c1cccs1)NCCCN1CCCCC1C. The number of guanidine groups is 1. The van der Waals surface area contributed by atoms with E-state index in [2.05, 4.69) is 39.7 Å². The predicted octanol–water partition coefficient (Wildman–Crippen LogP) is 2.69. The van der Waals surface area contributed by atoms with Gasteiger partial charge in [-0.25, -0.2) is 0 Å². The number of aliphatic imine (C=N–C) groups is 1. The maximum absolute atomic E-state index is 11.9. The lowest BCUT2D eigenvalue weighted by Crippen LogP contribution is -2.41. The Balaban J connectivity index is 1.59. The zero-order chi connectivity index (χ0) is 19.3. The third-order valence-electron chi connectivity index (χ3n) is 4.83. The molecule has 1 aliphatic heterocycles. The molecule has 1 aromatic heterocycles. The molecule has 7 heteroatoms. The average molecular weight is 394 g/mol. The van der Waals surface area contributed by atoms with Crippen LogP contribution in [0, 0.1) is 0 Å². The highest BCUT2D eigenvalue weighted by Crippen LogP contribution is 2.16. The topological polar surface area (TPSA) is 68.8 Å². The van der Waals surface area contributed by atoms with Crippen LogP contribution in [0.25, 0.3) is 0 Å². The highest BCUT2D eigenvalue weighted by Gasteiger charge is 2.17. The lowest BCUT2D eigenvalue weighted by atomic mass is 10.0. The van der Waals surface area contributed by atoms with Crippen LogP contribution in [0.15, 0.2) is 22.5 Å². The number of likely N-dealkylation sites (tertiary alicyclic amines) is 1. The summed E-state index contributed by atoms with van der Waals surface area (Å²) in [4.78, 5) is 19.8. The molecular weight excluding hydrogens is 358 g/mol. The van der Waals surface area contributed by atoms with Gasteiger partial charge < -0.3 is 20.9 Å². The molecule has 1 amide bonds. The minimum atomic E-state index is 0.00551. The van der Waals surface area contributed by atoms with E-state index in [0.29, 0.717) is 13.1 Å². The molecule has 0 aromatic carbocycles. The molecule has 0 saturated carbocycles. The summed E-state index contributed by atoms with van der Waals surface area (Å²) >= 11 is 1.46.